The van der Waals surface area contributed by atoms with Crippen molar-refractivity contribution in [3.63, 3.8) is 0 Å². The number of Topliss-reactive ketones (excluding diaryl/α,β-unsaturated/α-hetero) is 1. The van der Waals surface area contributed by atoms with Crippen LogP contribution in [0.3, 0.4) is 0 Å². The summed E-state index contributed by atoms with van der Waals surface area (Å²) in [6.07, 6.45) is 0.470. The summed E-state index contributed by atoms with van der Waals surface area (Å²) >= 11 is 0. The first-order valence-electron chi connectivity index (χ1n) is 34.7. The van der Waals surface area contributed by atoms with E-state index < -0.39 is 180 Å². The van der Waals surface area contributed by atoms with Crippen molar-refractivity contribution in [3.05, 3.63) is 71.9 Å². The topological polar surface area (TPSA) is 524 Å². The first kappa shape index (κ1) is 86.2. The van der Waals surface area contributed by atoms with Crippen molar-refractivity contribution in [1.29, 1.82) is 0 Å². The van der Waals surface area contributed by atoms with Gasteiger partial charge >= 0.3 is 5.97 Å². The number of carboxylic acid groups (broad SMARTS) is 1. The van der Waals surface area contributed by atoms with Crippen molar-refractivity contribution in [2.24, 2.45) is 51.6 Å². The number of guanidine groups is 1. The molecule has 2 aromatic carbocycles. The smallest absolute Gasteiger partial charge is 0.303 e. The molecule has 1 aromatic heterocycles. The van der Waals surface area contributed by atoms with Gasteiger partial charge in [-0.25, -0.2) is 0 Å². The van der Waals surface area contributed by atoms with Gasteiger partial charge in [0.2, 0.25) is 70.9 Å². The van der Waals surface area contributed by atoms with Crippen molar-refractivity contribution < 1.29 is 72.2 Å². The van der Waals surface area contributed by atoms with Crippen LogP contribution in [-0.4, -0.2) is 178 Å². The molecule has 0 radical (unpaired) electrons. The number of nitrogens with one attached hydrogen (secondary N) is 12. The summed E-state index contributed by atoms with van der Waals surface area (Å²) in [7, 11) is 0. The highest BCUT2D eigenvalue weighted by Gasteiger charge is 2.38. The highest BCUT2D eigenvalue weighted by atomic mass is 16.4. The largest absolute Gasteiger partial charge is 0.481 e. The average Bonchev–Trinajstić information content (AvgIpc) is 1.69. The Morgan fingerprint density at radius 2 is 0.941 bits per heavy atom. The highest BCUT2D eigenvalue weighted by Crippen LogP contribution is 2.21. The predicted molar refractivity (Wildman–Crippen MR) is 382 cm³/mol. The number of aliphatic carboxylic acids is 1. The molecule has 12 atom stereocenters. The maximum atomic E-state index is 15.0. The van der Waals surface area contributed by atoms with E-state index in [1.807, 2.05) is 0 Å². The number of carboxylic acids is 1. The molecule has 0 unspecified atom stereocenters. The van der Waals surface area contributed by atoms with Gasteiger partial charge in [-0.3, -0.25) is 72.1 Å². The molecule has 21 N–H and O–H groups in total. The van der Waals surface area contributed by atoms with E-state index in [2.05, 4.69) is 68.5 Å². The molecule has 0 fully saturated rings. The zero-order valence-electron chi connectivity index (χ0n) is 60.5. The summed E-state index contributed by atoms with van der Waals surface area (Å²) in [6, 6.07) is 0.512. The minimum Gasteiger partial charge on any atom is -0.481 e. The van der Waals surface area contributed by atoms with E-state index in [4.69, 9.17) is 22.9 Å². The van der Waals surface area contributed by atoms with Crippen LogP contribution in [0.2, 0.25) is 0 Å². The van der Waals surface area contributed by atoms with Gasteiger partial charge in [0.15, 0.2) is 11.7 Å². The van der Waals surface area contributed by atoms with Gasteiger partial charge in [0.25, 0.3) is 0 Å². The quantitative estimate of drug-likeness (QED) is 0.0195. The van der Waals surface area contributed by atoms with Crippen LogP contribution in [-0.2, 0) is 80.0 Å². The van der Waals surface area contributed by atoms with E-state index in [-0.39, 0.29) is 82.3 Å². The number of carbonyl (C=O) groups is 14. The number of rotatable bonds is 46. The Morgan fingerprint density at radius 1 is 0.490 bits per heavy atom. The number of hydrogen-bond acceptors (Lipinski definition) is 16. The molecule has 0 bridgehead atoms. The summed E-state index contributed by atoms with van der Waals surface area (Å²) in [5, 5.41) is 39.9. The molecule has 0 saturated heterocycles. The average molecular weight is 1430 g/mol. The number of para-hydroxylation sites is 1. The maximum Gasteiger partial charge on any atom is 0.303 e. The van der Waals surface area contributed by atoms with Gasteiger partial charge in [-0.2, -0.15) is 0 Å². The first-order valence-corrected chi connectivity index (χ1v) is 34.7. The number of aliphatic imine (C=N–C) groups is 1. The van der Waals surface area contributed by atoms with E-state index in [1.54, 1.807) is 116 Å². The van der Waals surface area contributed by atoms with Crippen molar-refractivity contribution in [3.8, 4) is 0 Å². The predicted octanol–water partition coefficient (Wildman–Crippen LogP) is -0.368. The lowest BCUT2D eigenvalue weighted by Crippen LogP contribution is -2.62. The lowest BCUT2D eigenvalue weighted by molar-refractivity contribution is -0.139. The Bertz CT molecular complexity index is 3370. The number of unbranched alkanes of at least 4 members (excludes halogenated alkanes) is 1. The third-order valence-electron chi connectivity index (χ3n) is 16.9. The normalized spacial score (nSPS) is 14.8. The van der Waals surface area contributed by atoms with Gasteiger partial charge < -0.3 is 91.5 Å². The van der Waals surface area contributed by atoms with Crippen LogP contribution in [0, 0.1) is 23.7 Å². The molecular formula is C70H109N17O15. The van der Waals surface area contributed by atoms with Crippen LogP contribution >= 0.6 is 0 Å². The fraction of sp³-hybridized carbons (Fsp3) is 0.586. The standard InChI is InChI=1S/C70H109N17O15/c1-12-40(8)59(87-67(100)53(33-44-21-14-13-15-22-44)84-65(98)52(32-38(4)5)82-61(94)49(26-20-30-75-70(73)74)80-68(101)58(39(6)7)78-43(11)89)69(102)81-50(27-28-57(91)92)62(95)85-54(34-45-36-76-47-24-17-16-23-46(45)47)66(99)83-51(31-37(2)3)64(97)79-48(25-18-19-29-71)60(93)86-55(35-56(72)90)63(96)77-41(9)42(10)88/h13-17,21-24,36-41,48-55,58-59,76H,12,18-20,25-35,71H2,1-11H3,(H2,72,90)(H,77,96)(H,78,89)(H,79,97)(H,80,101)(H,81,102)(H,82,94)(H,83,99)(H,84,98)(H,85,95)(H,86,93)(H,87,100)(H,91,92)(H4,73,74,75)/t40-,41+,48-,49+,50-,51-,52-,53-,54-,55-,58-,59-/m0/s1. The van der Waals surface area contributed by atoms with E-state index in [9.17, 15) is 72.2 Å². The Labute approximate surface area is 595 Å². The molecule has 3 aromatic rings. The maximum absolute atomic E-state index is 15.0. The van der Waals surface area contributed by atoms with Crippen LogP contribution in [0.25, 0.3) is 10.9 Å². The molecule has 0 saturated carbocycles. The van der Waals surface area contributed by atoms with E-state index >= 15 is 0 Å². The molecule has 0 aliphatic rings. The summed E-state index contributed by atoms with van der Waals surface area (Å²) in [6.45, 7) is 18.1. The number of amides is 12. The van der Waals surface area contributed by atoms with Crippen LogP contribution in [0.4, 0.5) is 0 Å². The number of aromatic amines is 1. The van der Waals surface area contributed by atoms with Gasteiger partial charge in [-0.05, 0) is 113 Å². The number of nitrogens with zero attached hydrogens (tertiary/aromatic N) is 1. The molecule has 0 spiro atoms. The van der Waals surface area contributed by atoms with Crippen LogP contribution in [0.1, 0.15) is 158 Å². The van der Waals surface area contributed by atoms with Crippen LogP contribution in [0.5, 0.6) is 0 Å². The van der Waals surface area contributed by atoms with E-state index in [0.717, 1.165) is 0 Å². The first-order chi connectivity index (χ1) is 48.0. The minimum atomic E-state index is -1.70. The molecular weight excluding hydrogens is 1320 g/mol. The van der Waals surface area contributed by atoms with Gasteiger partial charge in [0.05, 0.1) is 12.5 Å². The summed E-state index contributed by atoms with van der Waals surface area (Å²) in [5.41, 5.74) is 24.0. The van der Waals surface area contributed by atoms with Crippen LogP contribution in [0.15, 0.2) is 65.8 Å². The number of nitrogens with two attached hydrogens (primary N) is 4. The van der Waals surface area contributed by atoms with E-state index in [0.29, 0.717) is 34.9 Å². The van der Waals surface area contributed by atoms with Crippen molar-refractivity contribution in [2.75, 3.05) is 13.1 Å². The van der Waals surface area contributed by atoms with Crippen LogP contribution < -0.4 is 81.4 Å². The lowest BCUT2D eigenvalue weighted by Gasteiger charge is -2.30. The number of hydrogen-bond donors (Lipinski definition) is 17. The molecule has 0 aliphatic carbocycles. The zero-order chi connectivity index (χ0) is 76.5. The monoisotopic (exact) mass is 1430 g/mol. The molecule has 3 rings (SSSR count). The van der Waals surface area contributed by atoms with Crippen molar-refractivity contribution in [2.45, 2.75) is 226 Å². The van der Waals surface area contributed by atoms with Gasteiger partial charge in [0.1, 0.15) is 60.4 Å². The third-order valence-corrected chi connectivity index (χ3v) is 16.9. The highest BCUT2D eigenvalue weighted by molar-refractivity contribution is 6.00. The van der Waals surface area contributed by atoms with Gasteiger partial charge in [0, 0.05) is 49.8 Å². The van der Waals surface area contributed by atoms with Gasteiger partial charge in [-0.1, -0.05) is 110 Å². The molecule has 32 heteroatoms. The summed E-state index contributed by atoms with van der Waals surface area (Å²) < 4.78 is 0. The Morgan fingerprint density at radius 3 is 1.44 bits per heavy atom. The number of carbonyl (C=O) groups excluding carboxylic acids is 13. The molecule has 564 valence electrons. The second kappa shape index (κ2) is 43.6. The minimum absolute atomic E-state index is 0.00457. The third kappa shape index (κ3) is 30.4. The second-order valence-electron chi connectivity index (χ2n) is 27.0. The van der Waals surface area contributed by atoms with Crippen molar-refractivity contribution >= 4 is 99.5 Å². The Kier molecular flexibility index (Phi) is 36.9. The zero-order valence-corrected chi connectivity index (χ0v) is 60.5. The van der Waals surface area contributed by atoms with Crippen molar-refractivity contribution in [1.82, 2.24) is 63.5 Å². The molecule has 1 heterocycles. The summed E-state index contributed by atoms with van der Waals surface area (Å²) in [5.74, 6) is -13.7. The Hall–Kier alpha value is -10.0. The number of fused-ring (bicyclic) bond motifs is 1. The van der Waals surface area contributed by atoms with E-state index in [1.165, 1.54) is 20.8 Å². The fourth-order valence-electron chi connectivity index (χ4n) is 11.0. The lowest BCUT2D eigenvalue weighted by atomic mass is 9.96. The number of aromatic nitrogens is 1. The molecule has 32 nitrogen and oxygen atoms in total. The number of benzene rings is 2. The SMILES string of the molecule is CC[C@H](C)[C@H](NC(=O)[C@H](Cc1ccccc1)NC(=O)[C@H](CC(C)C)NC(=O)[C@@H](CCCN=C(N)N)NC(=O)[C@@H](NC(C)=O)C(C)C)C(=O)N[C@@H](CCC(=O)O)C(=O)N[C@@H](Cc1c[nH]c2ccccc12)C(=O)N[C@@H](CC(C)C)C(=O)N[C@@H](CCCCN)C(=O)N[C@@H](CC(N)=O)C(=O)N[C@H](C)C(C)=O. The fourth-order valence-corrected chi connectivity index (χ4v) is 11.0. The summed E-state index contributed by atoms with van der Waals surface area (Å²) in [4.78, 5) is 200. The number of H-pyrrole nitrogens is 1. The second-order valence-corrected chi connectivity index (χ2v) is 27.0. The van der Waals surface area contributed by atoms with Gasteiger partial charge in [-0.15, -0.1) is 0 Å². The molecule has 102 heavy (non-hydrogen) atoms. The molecule has 0 aliphatic heterocycles. The number of primary amides is 1. The molecule has 12 amide bonds. The number of ketones is 1. The Balaban J connectivity index is 2.08.